The van der Waals surface area contributed by atoms with Crippen molar-refractivity contribution in [2.45, 2.75) is 39.2 Å². The van der Waals surface area contributed by atoms with E-state index in [1.54, 1.807) is 6.92 Å². The van der Waals surface area contributed by atoms with E-state index in [1.165, 1.54) is 5.56 Å². The molecule has 1 saturated heterocycles. The molecule has 0 bridgehead atoms. The van der Waals surface area contributed by atoms with Crippen LogP contribution in [-0.4, -0.2) is 31.6 Å². The summed E-state index contributed by atoms with van der Waals surface area (Å²) in [6.07, 6.45) is -0.478. The van der Waals surface area contributed by atoms with Gasteiger partial charge in [0.2, 0.25) is 0 Å². The minimum Gasteiger partial charge on any atom is -0.481 e. The Bertz CT molecular complexity index is 496. The summed E-state index contributed by atoms with van der Waals surface area (Å²) in [4.78, 5) is 12.0. The summed E-state index contributed by atoms with van der Waals surface area (Å²) in [6, 6.07) is 7.97. The first-order chi connectivity index (χ1) is 9.86. The van der Waals surface area contributed by atoms with Crippen LogP contribution in [0.4, 0.5) is 0 Å². The summed E-state index contributed by atoms with van der Waals surface area (Å²) in [7, 11) is 0. The van der Waals surface area contributed by atoms with Crippen molar-refractivity contribution in [3.05, 3.63) is 29.8 Å². The van der Waals surface area contributed by atoms with E-state index in [1.807, 2.05) is 18.2 Å². The zero-order valence-corrected chi connectivity index (χ0v) is 14.6. The van der Waals surface area contributed by atoms with Gasteiger partial charge in [0.25, 0.3) is 5.91 Å². The average molecular weight is 327 g/mol. The maximum Gasteiger partial charge on any atom is 0.260 e. The van der Waals surface area contributed by atoms with E-state index in [0.29, 0.717) is 5.92 Å². The molecule has 0 aromatic heterocycles. The molecule has 0 aliphatic carbocycles. The standard InChI is InChI=1S/C17H26N2O2.ClH/c1-12(16(20)19-11-13-9-18-10-13)21-15-7-5-6-14(8-15)17(2,3)4;/h5-8,12-13,18H,9-11H2,1-4H3,(H,19,20);1H. The Morgan fingerprint density at radius 1 is 1.41 bits per heavy atom. The van der Waals surface area contributed by atoms with Gasteiger partial charge in [-0.25, -0.2) is 0 Å². The number of hydrogen-bond donors (Lipinski definition) is 2. The Kier molecular flexibility index (Phi) is 6.69. The number of ether oxygens (including phenoxy) is 1. The zero-order valence-electron chi connectivity index (χ0n) is 13.8. The highest BCUT2D eigenvalue weighted by molar-refractivity contribution is 5.85. The van der Waals surface area contributed by atoms with Gasteiger partial charge in [0.05, 0.1) is 0 Å². The summed E-state index contributed by atoms with van der Waals surface area (Å²) >= 11 is 0. The maximum absolute atomic E-state index is 12.0. The lowest BCUT2D eigenvalue weighted by atomic mass is 9.87. The summed E-state index contributed by atoms with van der Waals surface area (Å²) in [6.45, 7) is 11.0. The molecule has 1 aliphatic rings. The van der Waals surface area contributed by atoms with Gasteiger partial charge in [0, 0.05) is 25.6 Å². The van der Waals surface area contributed by atoms with E-state index in [-0.39, 0.29) is 23.7 Å². The van der Waals surface area contributed by atoms with Crippen molar-refractivity contribution in [3.8, 4) is 5.75 Å². The van der Waals surface area contributed by atoms with Crippen LogP contribution in [0, 0.1) is 5.92 Å². The van der Waals surface area contributed by atoms with Crippen molar-refractivity contribution in [1.29, 1.82) is 0 Å². The second kappa shape index (κ2) is 7.84. The van der Waals surface area contributed by atoms with Gasteiger partial charge in [-0.15, -0.1) is 12.4 Å². The molecule has 22 heavy (non-hydrogen) atoms. The van der Waals surface area contributed by atoms with Crippen molar-refractivity contribution in [2.75, 3.05) is 19.6 Å². The van der Waals surface area contributed by atoms with Gasteiger partial charge in [0.1, 0.15) is 5.75 Å². The average Bonchev–Trinajstić information content (AvgIpc) is 2.36. The highest BCUT2D eigenvalue weighted by atomic mass is 35.5. The third-order valence-corrected chi connectivity index (χ3v) is 3.81. The van der Waals surface area contributed by atoms with Crippen LogP contribution in [0.25, 0.3) is 0 Å². The molecule has 1 aliphatic heterocycles. The molecule has 5 heteroatoms. The van der Waals surface area contributed by atoms with Crippen LogP contribution in [0.3, 0.4) is 0 Å². The minimum absolute atomic E-state index is 0. The monoisotopic (exact) mass is 326 g/mol. The molecule has 124 valence electrons. The predicted octanol–water partition coefficient (Wildman–Crippen LogP) is 2.51. The fourth-order valence-electron chi connectivity index (χ4n) is 2.18. The fraction of sp³-hybridized carbons (Fsp3) is 0.588. The first-order valence-corrected chi connectivity index (χ1v) is 7.62. The number of benzene rings is 1. The molecule has 1 aromatic rings. The van der Waals surface area contributed by atoms with Crippen LogP contribution >= 0.6 is 12.4 Å². The van der Waals surface area contributed by atoms with Crippen LogP contribution in [0.15, 0.2) is 24.3 Å². The predicted molar refractivity (Wildman–Crippen MR) is 91.8 cm³/mol. The van der Waals surface area contributed by atoms with E-state index in [4.69, 9.17) is 4.74 Å². The number of carbonyl (C=O) groups excluding carboxylic acids is 1. The van der Waals surface area contributed by atoms with Gasteiger partial charge in [-0.2, -0.15) is 0 Å². The van der Waals surface area contributed by atoms with Crippen LogP contribution in [0.1, 0.15) is 33.3 Å². The molecule has 0 radical (unpaired) electrons. The third-order valence-electron chi connectivity index (χ3n) is 3.81. The number of halogens is 1. The number of hydrogen-bond acceptors (Lipinski definition) is 3. The fourth-order valence-corrected chi connectivity index (χ4v) is 2.18. The second-order valence-corrected chi connectivity index (χ2v) is 6.81. The quantitative estimate of drug-likeness (QED) is 0.874. The largest absolute Gasteiger partial charge is 0.481 e. The maximum atomic E-state index is 12.0. The van der Waals surface area contributed by atoms with Crippen LogP contribution in [0.5, 0.6) is 5.75 Å². The highest BCUT2D eigenvalue weighted by Gasteiger charge is 2.21. The molecule has 2 rings (SSSR count). The lowest BCUT2D eigenvalue weighted by Crippen LogP contribution is -2.49. The van der Waals surface area contributed by atoms with E-state index in [9.17, 15) is 4.79 Å². The Morgan fingerprint density at radius 2 is 2.09 bits per heavy atom. The van der Waals surface area contributed by atoms with Gasteiger partial charge in [-0.1, -0.05) is 32.9 Å². The number of amides is 1. The van der Waals surface area contributed by atoms with Crippen LogP contribution in [0.2, 0.25) is 0 Å². The first kappa shape index (κ1) is 18.8. The molecule has 1 amide bonds. The smallest absolute Gasteiger partial charge is 0.260 e. The summed E-state index contributed by atoms with van der Waals surface area (Å²) in [5, 5.41) is 6.14. The molecular formula is C17H27ClN2O2. The molecule has 1 aromatic carbocycles. The molecule has 1 unspecified atom stereocenters. The SMILES string of the molecule is CC(Oc1cccc(C(C)(C)C)c1)C(=O)NCC1CNC1.Cl. The van der Waals surface area contributed by atoms with E-state index in [2.05, 4.69) is 37.5 Å². The molecule has 4 nitrogen and oxygen atoms in total. The van der Waals surface area contributed by atoms with Gasteiger partial charge in [-0.3, -0.25) is 4.79 Å². The van der Waals surface area contributed by atoms with Gasteiger partial charge >= 0.3 is 0 Å². The molecule has 0 saturated carbocycles. The van der Waals surface area contributed by atoms with Crippen LogP contribution < -0.4 is 15.4 Å². The topological polar surface area (TPSA) is 50.4 Å². The molecule has 0 spiro atoms. The zero-order chi connectivity index (χ0) is 15.5. The lowest BCUT2D eigenvalue weighted by Gasteiger charge is -2.27. The molecule has 1 heterocycles. The summed E-state index contributed by atoms with van der Waals surface area (Å²) < 4.78 is 5.77. The van der Waals surface area contributed by atoms with Crippen molar-refractivity contribution in [3.63, 3.8) is 0 Å². The Balaban J connectivity index is 0.00000242. The Labute approximate surface area is 139 Å². The van der Waals surface area contributed by atoms with Crippen LogP contribution in [-0.2, 0) is 10.2 Å². The van der Waals surface area contributed by atoms with Crippen molar-refractivity contribution < 1.29 is 9.53 Å². The Hall–Kier alpha value is -1.26. The number of carbonyl (C=O) groups is 1. The first-order valence-electron chi connectivity index (χ1n) is 7.62. The minimum atomic E-state index is -0.478. The number of rotatable bonds is 5. The third kappa shape index (κ3) is 5.18. The summed E-state index contributed by atoms with van der Waals surface area (Å²) in [5.41, 5.74) is 1.27. The van der Waals surface area contributed by atoms with Crippen molar-refractivity contribution >= 4 is 18.3 Å². The molecule has 1 atom stereocenters. The van der Waals surface area contributed by atoms with Gasteiger partial charge in [0.15, 0.2) is 6.10 Å². The van der Waals surface area contributed by atoms with E-state index >= 15 is 0 Å². The van der Waals surface area contributed by atoms with Crippen molar-refractivity contribution in [2.24, 2.45) is 5.92 Å². The Morgan fingerprint density at radius 3 is 2.64 bits per heavy atom. The lowest BCUT2D eigenvalue weighted by molar-refractivity contribution is -0.127. The highest BCUT2D eigenvalue weighted by Crippen LogP contribution is 2.26. The molecule has 1 fully saturated rings. The summed E-state index contributed by atoms with van der Waals surface area (Å²) in [5.74, 6) is 1.25. The molecular weight excluding hydrogens is 300 g/mol. The van der Waals surface area contributed by atoms with Crippen molar-refractivity contribution in [1.82, 2.24) is 10.6 Å². The van der Waals surface area contributed by atoms with Gasteiger partial charge in [-0.05, 0) is 30.0 Å². The van der Waals surface area contributed by atoms with Gasteiger partial charge < -0.3 is 15.4 Å². The van der Waals surface area contributed by atoms with E-state index in [0.717, 1.165) is 25.4 Å². The molecule has 2 N–H and O–H groups in total. The van der Waals surface area contributed by atoms with E-state index < -0.39 is 6.10 Å². The number of nitrogens with one attached hydrogen (secondary N) is 2. The normalized spacial score (nSPS) is 16.2. The second-order valence-electron chi connectivity index (χ2n) is 6.81.